The maximum Gasteiger partial charge on any atom is 0.241 e. The maximum atomic E-state index is 12.6. The van der Waals surface area contributed by atoms with Gasteiger partial charge >= 0.3 is 0 Å². The predicted octanol–water partition coefficient (Wildman–Crippen LogP) is 0.315. The van der Waals surface area contributed by atoms with Crippen LogP contribution in [0.1, 0.15) is 25.7 Å². The standard InChI is InChI=1S/C15H29N3O3/c1-17(2)14(19)11-18(8-9-21-3)15(20)13-6-4-12(10-16)5-7-13/h12-13H,4-11,16H2,1-3H3. The number of nitrogens with two attached hydrogens (primary N) is 1. The van der Waals surface area contributed by atoms with Crippen LogP contribution < -0.4 is 5.73 Å². The van der Waals surface area contributed by atoms with E-state index < -0.39 is 0 Å². The SMILES string of the molecule is COCCN(CC(=O)N(C)C)C(=O)C1CCC(CN)CC1. The lowest BCUT2D eigenvalue weighted by Gasteiger charge is -2.32. The molecule has 122 valence electrons. The van der Waals surface area contributed by atoms with Crippen LogP contribution in [0.3, 0.4) is 0 Å². The topological polar surface area (TPSA) is 75.9 Å². The van der Waals surface area contributed by atoms with Gasteiger partial charge in [-0.3, -0.25) is 9.59 Å². The number of carbonyl (C=O) groups excluding carboxylic acids is 2. The van der Waals surface area contributed by atoms with Gasteiger partial charge in [0.15, 0.2) is 0 Å². The molecule has 2 amide bonds. The summed E-state index contributed by atoms with van der Waals surface area (Å²) in [4.78, 5) is 27.7. The van der Waals surface area contributed by atoms with Crippen LogP contribution in [-0.4, -0.2) is 69.1 Å². The second-order valence-electron chi connectivity index (χ2n) is 5.99. The summed E-state index contributed by atoms with van der Waals surface area (Å²) >= 11 is 0. The van der Waals surface area contributed by atoms with Gasteiger partial charge in [-0.15, -0.1) is 0 Å². The summed E-state index contributed by atoms with van der Waals surface area (Å²) in [6, 6.07) is 0. The molecule has 0 unspecified atom stereocenters. The van der Waals surface area contributed by atoms with Gasteiger partial charge in [0.1, 0.15) is 0 Å². The Labute approximate surface area is 127 Å². The largest absolute Gasteiger partial charge is 0.383 e. The van der Waals surface area contributed by atoms with E-state index in [1.807, 2.05) is 0 Å². The molecule has 1 fully saturated rings. The van der Waals surface area contributed by atoms with Crippen LogP contribution >= 0.6 is 0 Å². The van der Waals surface area contributed by atoms with Crippen LogP contribution in [0.2, 0.25) is 0 Å². The van der Waals surface area contributed by atoms with E-state index in [-0.39, 0.29) is 24.3 Å². The lowest BCUT2D eigenvalue weighted by molar-refractivity contribution is -0.143. The van der Waals surface area contributed by atoms with Crippen molar-refractivity contribution in [2.75, 3.05) is 47.4 Å². The zero-order chi connectivity index (χ0) is 15.8. The summed E-state index contributed by atoms with van der Waals surface area (Å²) in [5.41, 5.74) is 5.69. The highest BCUT2D eigenvalue weighted by atomic mass is 16.5. The van der Waals surface area contributed by atoms with Gasteiger partial charge in [-0.25, -0.2) is 0 Å². The van der Waals surface area contributed by atoms with Gasteiger partial charge in [0.2, 0.25) is 11.8 Å². The third-order valence-corrected chi connectivity index (χ3v) is 4.23. The molecule has 0 radical (unpaired) electrons. The Morgan fingerprint density at radius 1 is 1.19 bits per heavy atom. The van der Waals surface area contributed by atoms with Crippen molar-refractivity contribution in [2.45, 2.75) is 25.7 Å². The first-order valence-corrected chi connectivity index (χ1v) is 7.67. The fourth-order valence-corrected chi connectivity index (χ4v) is 2.68. The van der Waals surface area contributed by atoms with E-state index in [0.717, 1.165) is 25.7 Å². The summed E-state index contributed by atoms with van der Waals surface area (Å²) in [5, 5.41) is 0. The molecule has 6 heteroatoms. The van der Waals surface area contributed by atoms with E-state index in [2.05, 4.69) is 0 Å². The highest BCUT2D eigenvalue weighted by Crippen LogP contribution is 2.29. The van der Waals surface area contributed by atoms with E-state index in [1.54, 1.807) is 26.1 Å². The fraction of sp³-hybridized carbons (Fsp3) is 0.867. The minimum atomic E-state index is -0.0601. The number of methoxy groups -OCH3 is 1. The maximum absolute atomic E-state index is 12.6. The molecule has 0 aromatic carbocycles. The van der Waals surface area contributed by atoms with E-state index >= 15 is 0 Å². The highest BCUT2D eigenvalue weighted by Gasteiger charge is 2.29. The van der Waals surface area contributed by atoms with Crippen molar-refractivity contribution in [2.24, 2.45) is 17.6 Å². The Morgan fingerprint density at radius 3 is 2.29 bits per heavy atom. The molecule has 0 atom stereocenters. The normalized spacial score (nSPS) is 21.9. The van der Waals surface area contributed by atoms with Crippen LogP contribution in [0.15, 0.2) is 0 Å². The Balaban J connectivity index is 2.60. The van der Waals surface area contributed by atoms with Crippen LogP contribution in [0.4, 0.5) is 0 Å². The molecular formula is C15H29N3O3. The summed E-state index contributed by atoms with van der Waals surface area (Å²) in [5.74, 6) is 0.595. The van der Waals surface area contributed by atoms with Crippen molar-refractivity contribution in [3.8, 4) is 0 Å². The van der Waals surface area contributed by atoms with Crippen LogP contribution in [0.25, 0.3) is 0 Å². The Hall–Kier alpha value is -1.14. The van der Waals surface area contributed by atoms with E-state index in [1.165, 1.54) is 4.90 Å². The lowest BCUT2D eigenvalue weighted by Crippen LogP contribution is -2.45. The summed E-state index contributed by atoms with van der Waals surface area (Å²) < 4.78 is 5.05. The smallest absolute Gasteiger partial charge is 0.241 e. The van der Waals surface area contributed by atoms with Gasteiger partial charge in [-0.1, -0.05) is 0 Å². The van der Waals surface area contributed by atoms with E-state index in [4.69, 9.17) is 10.5 Å². The molecule has 0 aromatic rings. The second-order valence-corrected chi connectivity index (χ2v) is 5.99. The molecule has 6 nitrogen and oxygen atoms in total. The fourth-order valence-electron chi connectivity index (χ4n) is 2.68. The summed E-state index contributed by atoms with van der Waals surface area (Å²) in [6.45, 7) is 1.75. The molecule has 2 N–H and O–H groups in total. The van der Waals surface area contributed by atoms with E-state index in [9.17, 15) is 9.59 Å². The number of hydrogen-bond acceptors (Lipinski definition) is 4. The van der Waals surface area contributed by atoms with E-state index in [0.29, 0.717) is 25.6 Å². The third-order valence-electron chi connectivity index (χ3n) is 4.23. The van der Waals surface area contributed by atoms with Gasteiger partial charge in [0, 0.05) is 33.7 Å². The molecule has 0 spiro atoms. The van der Waals surface area contributed by atoms with Crippen molar-refractivity contribution in [3.05, 3.63) is 0 Å². The first-order chi connectivity index (χ1) is 9.99. The van der Waals surface area contributed by atoms with Gasteiger partial charge in [0.05, 0.1) is 13.2 Å². The number of ether oxygens (including phenoxy) is 1. The number of hydrogen-bond donors (Lipinski definition) is 1. The predicted molar refractivity (Wildman–Crippen MR) is 81.7 cm³/mol. The third kappa shape index (κ3) is 5.63. The molecule has 1 rings (SSSR count). The monoisotopic (exact) mass is 299 g/mol. The molecule has 1 aliphatic rings. The zero-order valence-corrected chi connectivity index (χ0v) is 13.5. The molecular weight excluding hydrogens is 270 g/mol. The van der Waals surface area contributed by atoms with Crippen LogP contribution in [-0.2, 0) is 14.3 Å². The molecule has 0 bridgehead atoms. The molecule has 1 saturated carbocycles. The first kappa shape index (κ1) is 17.9. The van der Waals surface area contributed by atoms with Gasteiger partial charge < -0.3 is 20.3 Å². The molecule has 0 saturated heterocycles. The Bertz CT molecular complexity index is 339. The molecule has 1 aliphatic carbocycles. The molecule has 0 aliphatic heterocycles. The zero-order valence-electron chi connectivity index (χ0n) is 13.5. The van der Waals surface area contributed by atoms with Crippen molar-refractivity contribution in [1.29, 1.82) is 0 Å². The first-order valence-electron chi connectivity index (χ1n) is 7.67. The van der Waals surface area contributed by atoms with Crippen LogP contribution in [0, 0.1) is 11.8 Å². The Kier molecular flexibility index (Phi) is 7.67. The minimum absolute atomic E-state index is 0.0274. The van der Waals surface area contributed by atoms with Crippen molar-refractivity contribution < 1.29 is 14.3 Å². The lowest BCUT2D eigenvalue weighted by atomic mass is 9.81. The van der Waals surface area contributed by atoms with Crippen LogP contribution in [0.5, 0.6) is 0 Å². The van der Waals surface area contributed by atoms with Crippen molar-refractivity contribution in [1.82, 2.24) is 9.80 Å². The van der Waals surface area contributed by atoms with Gasteiger partial charge in [-0.2, -0.15) is 0 Å². The van der Waals surface area contributed by atoms with Gasteiger partial charge in [0.25, 0.3) is 0 Å². The highest BCUT2D eigenvalue weighted by molar-refractivity contribution is 5.85. The Morgan fingerprint density at radius 2 is 1.81 bits per heavy atom. The number of likely N-dealkylation sites (N-methyl/N-ethyl adjacent to an activating group) is 1. The molecule has 0 aromatic heterocycles. The number of rotatable bonds is 7. The number of amides is 2. The number of carbonyl (C=O) groups is 2. The quantitative estimate of drug-likeness (QED) is 0.734. The summed E-state index contributed by atoms with van der Waals surface area (Å²) in [6.07, 6.45) is 3.76. The molecule has 21 heavy (non-hydrogen) atoms. The van der Waals surface area contributed by atoms with Crippen molar-refractivity contribution >= 4 is 11.8 Å². The average molecular weight is 299 g/mol. The molecule has 0 heterocycles. The summed E-state index contributed by atoms with van der Waals surface area (Å²) in [7, 11) is 5.00. The van der Waals surface area contributed by atoms with Crippen molar-refractivity contribution in [3.63, 3.8) is 0 Å². The second kappa shape index (κ2) is 9.00. The average Bonchev–Trinajstić information content (AvgIpc) is 2.50. The number of nitrogens with zero attached hydrogens (tertiary/aromatic N) is 2. The minimum Gasteiger partial charge on any atom is -0.383 e. The van der Waals surface area contributed by atoms with Gasteiger partial charge in [-0.05, 0) is 38.1 Å².